The van der Waals surface area contributed by atoms with Crippen LogP contribution in [0, 0.1) is 0 Å². The highest BCUT2D eigenvalue weighted by molar-refractivity contribution is 7.10. The predicted molar refractivity (Wildman–Crippen MR) is 107 cm³/mol. The van der Waals surface area contributed by atoms with Crippen LogP contribution in [0.5, 0.6) is 5.75 Å². The van der Waals surface area contributed by atoms with E-state index >= 15 is 0 Å². The molecule has 0 amide bonds. The second kappa shape index (κ2) is 7.70. The maximum Gasteiger partial charge on any atom is 0.118 e. The number of anilines is 1. The largest absolute Gasteiger partial charge is 0.497 e. The molecule has 3 aromatic rings. The lowest BCUT2D eigenvalue weighted by atomic mass is 10.1. The van der Waals surface area contributed by atoms with E-state index in [0.717, 1.165) is 18.0 Å². The molecule has 1 heterocycles. The molecule has 0 atom stereocenters. The van der Waals surface area contributed by atoms with Crippen molar-refractivity contribution in [3.05, 3.63) is 64.5 Å². The molecule has 0 N–H and O–H groups in total. The summed E-state index contributed by atoms with van der Waals surface area (Å²) in [6.07, 6.45) is 0. The first-order valence-electron chi connectivity index (χ1n) is 8.46. The van der Waals surface area contributed by atoms with Crippen LogP contribution in [0.3, 0.4) is 0 Å². The van der Waals surface area contributed by atoms with E-state index in [9.17, 15) is 0 Å². The van der Waals surface area contributed by atoms with Crippen LogP contribution < -0.4 is 9.64 Å². The van der Waals surface area contributed by atoms with Crippen molar-refractivity contribution in [3.63, 3.8) is 0 Å². The zero-order chi connectivity index (χ0) is 17.8. The number of benzene rings is 2. The molecule has 0 aliphatic heterocycles. The Balaban J connectivity index is 1.70. The van der Waals surface area contributed by atoms with Crippen LogP contribution in [-0.4, -0.2) is 19.1 Å². The Morgan fingerprint density at radius 3 is 2.28 bits per heavy atom. The average molecular weight is 353 g/mol. The topological polar surface area (TPSA) is 25.4 Å². The van der Waals surface area contributed by atoms with Gasteiger partial charge in [-0.3, -0.25) is 0 Å². The maximum absolute atomic E-state index is 5.21. The fourth-order valence-electron chi connectivity index (χ4n) is 2.67. The molecule has 0 aliphatic carbocycles. The minimum atomic E-state index is 0.480. The Morgan fingerprint density at radius 1 is 1.04 bits per heavy atom. The van der Waals surface area contributed by atoms with Crippen molar-refractivity contribution in [3.8, 4) is 17.0 Å². The zero-order valence-electron chi connectivity index (χ0n) is 15.2. The average Bonchev–Trinajstić information content (AvgIpc) is 3.13. The molecule has 3 nitrogen and oxygen atoms in total. The molecule has 0 aliphatic rings. The van der Waals surface area contributed by atoms with E-state index in [-0.39, 0.29) is 0 Å². The standard InChI is InChI=1S/C21H24N2OS/c1-15(2)21-22-20(14-25-21)17-7-9-18(10-8-17)23(3)13-16-5-11-19(24-4)12-6-16/h5-12,14-15H,13H2,1-4H3. The third-order valence-electron chi connectivity index (χ3n) is 4.20. The number of hydrogen-bond donors (Lipinski definition) is 0. The summed E-state index contributed by atoms with van der Waals surface area (Å²) in [5.74, 6) is 1.37. The van der Waals surface area contributed by atoms with E-state index in [1.165, 1.54) is 21.8 Å². The highest BCUT2D eigenvalue weighted by atomic mass is 32.1. The fourth-order valence-corrected chi connectivity index (χ4v) is 3.51. The molecular weight excluding hydrogens is 328 g/mol. The van der Waals surface area contributed by atoms with E-state index in [4.69, 9.17) is 9.72 Å². The van der Waals surface area contributed by atoms with Gasteiger partial charge in [-0.25, -0.2) is 4.98 Å². The monoisotopic (exact) mass is 352 g/mol. The lowest BCUT2D eigenvalue weighted by molar-refractivity contribution is 0.414. The fraction of sp³-hybridized carbons (Fsp3) is 0.286. The summed E-state index contributed by atoms with van der Waals surface area (Å²) in [6.45, 7) is 5.22. The maximum atomic E-state index is 5.21. The number of thiazole rings is 1. The number of ether oxygens (including phenoxy) is 1. The highest BCUT2D eigenvalue weighted by Gasteiger charge is 2.08. The van der Waals surface area contributed by atoms with Gasteiger partial charge < -0.3 is 9.64 Å². The highest BCUT2D eigenvalue weighted by Crippen LogP contribution is 2.28. The smallest absolute Gasteiger partial charge is 0.118 e. The van der Waals surface area contributed by atoms with Crippen molar-refractivity contribution in [2.75, 3.05) is 19.1 Å². The van der Waals surface area contributed by atoms with Crippen LogP contribution >= 0.6 is 11.3 Å². The van der Waals surface area contributed by atoms with Gasteiger partial charge in [-0.1, -0.05) is 38.1 Å². The molecule has 0 unspecified atom stereocenters. The van der Waals surface area contributed by atoms with E-state index in [2.05, 4.69) is 67.6 Å². The second-order valence-electron chi connectivity index (χ2n) is 6.48. The first-order chi connectivity index (χ1) is 12.1. The Labute approximate surface area is 153 Å². The first-order valence-corrected chi connectivity index (χ1v) is 9.34. The Bertz CT molecular complexity index is 807. The van der Waals surface area contributed by atoms with Gasteiger partial charge in [0.15, 0.2) is 0 Å². The van der Waals surface area contributed by atoms with Crippen LogP contribution in [0.2, 0.25) is 0 Å². The van der Waals surface area contributed by atoms with Gasteiger partial charge in [0.1, 0.15) is 5.75 Å². The quantitative estimate of drug-likeness (QED) is 0.579. The van der Waals surface area contributed by atoms with Gasteiger partial charge in [0.05, 0.1) is 17.8 Å². The molecule has 25 heavy (non-hydrogen) atoms. The SMILES string of the molecule is COc1ccc(CN(C)c2ccc(-c3csc(C(C)C)n3)cc2)cc1. The summed E-state index contributed by atoms with van der Waals surface area (Å²) in [5.41, 5.74) is 4.69. The molecule has 3 rings (SSSR count). The van der Waals surface area contributed by atoms with Crippen LogP contribution in [-0.2, 0) is 6.54 Å². The van der Waals surface area contributed by atoms with Gasteiger partial charge in [0.2, 0.25) is 0 Å². The molecule has 0 radical (unpaired) electrons. The number of aromatic nitrogens is 1. The van der Waals surface area contributed by atoms with Gasteiger partial charge in [0, 0.05) is 36.1 Å². The third-order valence-corrected chi connectivity index (χ3v) is 5.34. The molecule has 0 fully saturated rings. The lowest BCUT2D eigenvalue weighted by Crippen LogP contribution is -2.16. The number of methoxy groups -OCH3 is 1. The molecule has 130 valence electrons. The van der Waals surface area contributed by atoms with Crippen LogP contribution in [0.25, 0.3) is 11.3 Å². The molecule has 4 heteroatoms. The van der Waals surface area contributed by atoms with Gasteiger partial charge in [-0.2, -0.15) is 0 Å². The summed E-state index contributed by atoms with van der Waals surface area (Å²) >= 11 is 1.74. The first kappa shape index (κ1) is 17.5. The van der Waals surface area contributed by atoms with Crippen molar-refractivity contribution in [1.82, 2.24) is 4.98 Å². The van der Waals surface area contributed by atoms with Gasteiger partial charge in [-0.15, -0.1) is 11.3 Å². The summed E-state index contributed by atoms with van der Waals surface area (Å²) in [6, 6.07) is 16.8. The number of rotatable bonds is 6. The summed E-state index contributed by atoms with van der Waals surface area (Å²) in [7, 11) is 3.80. The van der Waals surface area contributed by atoms with Gasteiger partial charge in [-0.05, 0) is 29.8 Å². The second-order valence-corrected chi connectivity index (χ2v) is 7.37. The summed E-state index contributed by atoms with van der Waals surface area (Å²) < 4.78 is 5.21. The molecule has 0 bridgehead atoms. The van der Waals surface area contributed by atoms with Crippen LogP contribution in [0.1, 0.15) is 30.3 Å². The Kier molecular flexibility index (Phi) is 5.39. The predicted octanol–water partition coefficient (Wildman–Crippen LogP) is 5.58. The van der Waals surface area contributed by atoms with Crippen molar-refractivity contribution in [2.24, 2.45) is 0 Å². The molecule has 0 saturated carbocycles. The lowest BCUT2D eigenvalue weighted by Gasteiger charge is -2.20. The van der Waals surface area contributed by atoms with Crippen LogP contribution in [0.15, 0.2) is 53.9 Å². The number of hydrogen-bond acceptors (Lipinski definition) is 4. The minimum absolute atomic E-state index is 0.480. The van der Waals surface area contributed by atoms with Crippen molar-refractivity contribution >= 4 is 17.0 Å². The summed E-state index contributed by atoms with van der Waals surface area (Å²) in [4.78, 5) is 6.97. The normalized spacial score (nSPS) is 10.9. The van der Waals surface area contributed by atoms with Crippen LogP contribution in [0.4, 0.5) is 5.69 Å². The number of nitrogens with zero attached hydrogens (tertiary/aromatic N) is 2. The molecule has 0 saturated heterocycles. The van der Waals surface area contributed by atoms with E-state index in [0.29, 0.717) is 5.92 Å². The molecular formula is C21H24N2OS. The van der Waals surface area contributed by atoms with E-state index in [1.807, 2.05) is 12.1 Å². The molecule has 2 aromatic carbocycles. The van der Waals surface area contributed by atoms with Crippen molar-refractivity contribution in [2.45, 2.75) is 26.3 Å². The Hall–Kier alpha value is -2.33. The molecule has 1 aromatic heterocycles. The van der Waals surface area contributed by atoms with Crippen molar-refractivity contribution < 1.29 is 4.74 Å². The van der Waals surface area contributed by atoms with E-state index in [1.54, 1.807) is 18.4 Å². The van der Waals surface area contributed by atoms with Gasteiger partial charge >= 0.3 is 0 Å². The minimum Gasteiger partial charge on any atom is -0.497 e. The van der Waals surface area contributed by atoms with Crippen molar-refractivity contribution in [1.29, 1.82) is 0 Å². The summed E-state index contributed by atoms with van der Waals surface area (Å²) in [5, 5.41) is 3.33. The van der Waals surface area contributed by atoms with Gasteiger partial charge in [0.25, 0.3) is 0 Å². The zero-order valence-corrected chi connectivity index (χ0v) is 16.0. The third kappa shape index (κ3) is 4.20. The molecule has 0 spiro atoms. The van der Waals surface area contributed by atoms with E-state index < -0.39 is 0 Å². The Morgan fingerprint density at radius 2 is 1.72 bits per heavy atom.